The third-order valence-corrected chi connectivity index (χ3v) is 3.20. The Morgan fingerprint density at radius 1 is 1.16 bits per heavy atom. The van der Waals surface area contributed by atoms with Crippen molar-refractivity contribution in [2.45, 2.75) is 26.4 Å². The van der Waals surface area contributed by atoms with E-state index in [1.165, 1.54) is 11.1 Å². The zero-order valence-corrected chi connectivity index (χ0v) is 11.7. The first-order valence-corrected chi connectivity index (χ1v) is 6.48. The van der Waals surface area contributed by atoms with E-state index in [0.717, 1.165) is 12.1 Å². The van der Waals surface area contributed by atoms with Gasteiger partial charge in [-0.3, -0.25) is 0 Å². The summed E-state index contributed by atoms with van der Waals surface area (Å²) < 4.78 is 5.04. The summed E-state index contributed by atoms with van der Waals surface area (Å²) in [6.45, 7) is 5.07. The topological polar surface area (TPSA) is 34.1 Å². The van der Waals surface area contributed by atoms with Crippen LogP contribution in [0.5, 0.6) is 5.88 Å². The van der Waals surface area contributed by atoms with E-state index in [1.54, 1.807) is 7.11 Å². The molecule has 2 rings (SSSR count). The molecule has 0 aliphatic heterocycles. The van der Waals surface area contributed by atoms with Gasteiger partial charge in [0.2, 0.25) is 5.88 Å². The molecule has 1 N–H and O–H groups in total. The van der Waals surface area contributed by atoms with E-state index in [2.05, 4.69) is 48.4 Å². The predicted octanol–water partition coefficient (Wildman–Crippen LogP) is 3.25. The number of aryl methyl sites for hydroxylation is 1. The molecule has 0 radical (unpaired) electrons. The maximum absolute atomic E-state index is 5.04. The maximum Gasteiger partial charge on any atom is 0.212 e. The van der Waals surface area contributed by atoms with Crippen LogP contribution in [0.3, 0.4) is 0 Å². The number of hydrogen-bond donors (Lipinski definition) is 1. The Bertz CT molecular complexity index is 505. The highest BCUT2D eigenvalue weighted by Gasteiger charge is 2.04. The molecule has 2 aromatic rings. The van der Waals surface area contributed by atoms with Crippen molar-refractivity contribution in [3.8, 4) is 5.88 Å². The smallest absolute Gasteiger partial charge is 0.212 e. The van der Waals surface area contributed by atoms with Gasteiger partial charge in [0.15, 0.2) is 0 Å². The van der Waals surface area contributed by atoms with Crippen molar-refractivity contribution in [2.75, 3.05) is 7.11 Å². The van der Waals surface area contributed by atoms with Crippen LogP contribution in [0.2, 0.25) is 0 Å². The molecule has 1 aromatic carbocycles. The molecule has 0 bridgehead atoms. The van der Waals surface area contributed by atoms with Crippen molar-refractivity contribution in [3.63, 3.8) is 0 Å². The van der Waals surface area contributed by atoms with Crippen LogP contribution in [-0.4, -0.2) is 12.1 Å². The van der Waals surface area contributed by atoms with Crippen LogP contribution in [0.1, 0.15) is 29.7 Å². The van der Waals surface area contributed by atoms with E-state index in [9.17, 15) is 0 Å². The van der Waals surface area contributed by atoms with Gasteiger partial charge in [-0.25, -0.2) is 4.98 Å². The third kappa shape index (κ3) is 3.80. The minimum absolute atomic E-state index is 0.322. The number of hydrogen-bond acceptors (Lipinski definition) is 3. The van der Waals surface area contributed by atoms with Crippen molar-refractivity contribution < 1.29 is 4.74 Å². The first-order chi connectivity index (χ1) is 9.19. The Balaban J connectivity index is 1.92. The summed E-state index contributed by atoms with van der Waals surface area (Å²) in [5.41, 5.74) is 3.74. The number of rotatable bonds is 5. The van der Waals surface area contributed by atoms with Crippen LogP contribution in [0, 0.1) is 6.92 Å². The fraction of sp³-hybridized carbons (Fsp3) is 0.312. The highest BCUT2D eigenvalue weighted by atomic mass is 16.5. The summed E-state index contributed by atoms with van der Waals surface area (Å²) >= 11 is 0. The van der Waals surface area contributed by atoms with Gasteiger partial charge < -0.3 is 10.1 Å². The number of ether oxygens (including phenoxy) is 1. The van der Waals surface area contributed by atoms with E-state index in [-0.39, 0.29) is 0 Å². The second-order valence-electron chi connectivity index (χ2n) is 4.72. The van der Waals surface area contributed by atoms with Crippen molar-refractivity contribution in [2.24, 2.45) is 0 Å². The van der Waals surface area contributed by atoms with Crippen molar-refractivity contribution in [3.05, 3.63) is 59.3 Å². The molecule has 3 heteroatoms. The Kier molecular flexibility index (Phi) is 4.53. The SMILES string of the molecule is COc1ccc(CN[C@@H](C)c2ccc(C)cc2)cn1. The first-order valence-electron chi connectivity index (χ1n) is 6.48. The molecule has 0 fully saturated rings. The first kappa shape index (κ1) is 13.6. The van der Waals surface area contributed by atoms with E-state index < -0.39 is 0 Å². The molecule has 0 saturated carbocycles. The molecule has 1 atom stereocenters. The lowest BCUT2D eigenvalue weighted by Crippen LogP contribution is -2.18. The van der Waals surface area contributed by atoms with Crippen LogP contribution in [0.4, 0.5) is 0 Å². The quantitative estimate of drug-likeness (QED) is 0.891. The summed E-state index contributed by atoms with van der Waals surface area (Å²) in [4.78, 5) is 4.20. The van der Waals surface area contributed by atoms with Crippen LogP contribution in [0.15, 0.2) is 42.6 Å². The Morgan fingerprint density at radius 2 is 1.89 bits per heavy atom. The zero-order valence-electron chi connectivity index (χ0n) is 11.7. The van der Waals surface area contributed by atoms with Crippen LogP contribution in [0.25, 0.3) is 0 Å². The largest absolute Gasteiger partial charge is 0.481 e. The van der Waals surface area contributed by atoms with E-state index in [0.29, 0.717) is 11.9 Å². The molecular formula is C16H20N2O. The van der Waals surface area contributed by atoms with Crippen LogP contribution in [-0.2, 0) is 6.54 Å². The second-order valence-corrected chi connectivity index (χ2v) is 4.72. The average molecular weight is 256 g/mol. The fourth-order valence-corrected chi connectivity index (χ4v) is 1.88. The number of pyridine rings is 1. The van der Waals surface area contributed by atoms with Gasteiger partial charge in [-0.05, 0) is 25.0 Å². The predicted molar refractivity (Wildman–Crippen MR) is 77.2 cm³/mol. The van der Waals surface area contributed by atoms with Crippen molar-refractivity contribution in [1.29, 1.82) is 0 Å². The molecule has 0 spiro atoms. The summed E-state index contributed by atoms with van der Waals surface area (Å²) in [6, 6.07) is 12.8. The van der Waals surface area contributed by atoms with Gasteiger partial charge in [-0.15, -0.1) is 0 Å². The summed E-state index contributed by atoms with van der Waals surface area (Å²) in [7, 11) is 1.62. The van der Waals surface area contributed by atoms with Crippen LogP contribution < -0.4 is 10.1 Å². The van der Waals surface area contributed by atoms with Gasteiger partial charge in [0.1, 0.15) is 0 Å². The molecule has 0 saturated heterocycles. The third-order valence-electron chi connectivity index (χ3n) is 3.20. The van der Waals surface area contributed by atoms with Gasteiger partial charge in [0.05, 0.1) is 7.11 Å². The van der Waals surface area contributed by atoms with Gasteiger partial charge in [-0.1, -0.05) is 35.9 Å². The molecule has 0 amide bonds. The summed E-state index contributed by atoms with van der Waals surface area (Å²) in [6.07, 6.45) is 1.84. The molecule has 3 nitrogen and oxygen atoms in total. The second kappa shape index (κ2) is 6.34. The molecule has 0 aliphatic carbocycles. The number of methoxy groups -OCH3 is 1. The lowest BCUT2D eigenvalue weighted by molar-refractivity contribution is 0.397. The number of nitrogens with zero attached hydrogens (tertiary/aromatic N) is 1. The van der Waals surface area contributed by atoms with Gasteiger partial charge in [0, 0.05) is 24.8 Å². The summed E-state index contributed by atoms with van der Waals surface area (Å²) in [5, 5.41) is 3.49. The van der Waals surface area contributed by atoms with Gasteiger partial charge >= 0.3 is 0 Å². The maximum atomic E-state index is 5.04. The van der Waals surface area contributed by atoms with E-state index in [1.807, 2.05) is 18.3 Å². The Hall–Kier alpha value is -1.87. The molecule has 19 heavy (non-hydrogen) atoms. The molecule has 1 aromatic heterocycles. The molecular weight excluding hydrogens is 236 g/mol. The summed E-state index contributed by atoms with van der Waals surface area (Å²) in [5.74, 6) is 0.648. The van der Waals surface area contributed by atoms with Gasteiger partial charge in [0.25, 0.3) is 0 Å². The normalized spacial score (nSPS) is 12.2. The van der Waals surface area contributed by atoms with Crippen LogP contribution >= 0.6 is 0 Å². The lowest BCUT2D eigenvalue weighted by Gasteiger charge is -2.14. The Morgan fingerprint density at radius 3 is 2.47 bits per heavy atom. The highest BCUT2D eigenvalue weighted by Crippen LogP contribution is 2.14. The molecule has 100 valence electrons. The average Bonchev–Trinajstić information content (AvgIpc) is 2.46. The number of nitrogens with one attached hydrogen (secondary N) is 1. The van der Waals surface area contributed by atoms with Crippen molar-refractivity contribution in [1.82, 2.24) is 10.3 Å². The minimum atomic E-state index is 0.322. The lowest BCUT2D eigenvalue weighted by atomic mass is 10.1. The highest BCUT2D eigenvalue weighted by molar-refractivity contribution is 5.24. The van der Waals surface area contributed by atoms with Gasteiger partial charge in [-0.2, -0.15) is 0 Å². The molecule has 0 unspecified atom stereocenters. The standard InChI is InChI=1S/C16H20N2O/c1-12-4-7-15(8-5-12)13(2)17-10-14-6-9-16(19-3)18-11-14/h4-9,11,13,17H,10H2,1-3H3/t13-/m0/s1. The number of benzene rings is 1. The Labute approximate surface area is 114 Å². The fourth-order valence-electron chi connectivity index (χ4n) is 1.88. The molecule has 0 aliphatic rings. The minimum Gasteiger partial charge on any atom is -0.481 e. The zero-order chi connectivity index (χ0) is 13.7. The van der Waals surface area contributed by atoms with E-state index >= 15 is 0 Å². The van der Waals surface area contributed by atoms with E-state index in [4.69, 9.17) is 4.74 Å². The molecule has 1 heterocycles. The number of aromatic nitrogens is 1. The monoisotopic (exact) mass is 256 g/mol. The van der Waals surface area contributed by atoms with Crippen molar-refractivity contribution >= 4 is 0 Å².